The molecule has 5 nitrogen and oxygen atoms in total. The van der Waals surface area contributed by atoms with Gasteiger partial charge in [0.1, 0.15) is 0 Å². The van der Waals surface area contributed by atoms with Crippen molar-refractivity contribution in [3.05, 3.63) is 77.7 Å². The molecule has 29 heavy (non-hydrogen) atoms. The zero-order valence-electron chi connectivity index (χ0n) is 18.0. The molecule has 0 aromatic heterocycles. The van der Waals surface area contributed by atoms with Crippen LogP contribution >= 0.6 is 0 Å². The lowest BCUT2D eigenvalue weighted by Gasteiger charge is -2.38. The third kappa shape index (κ3) is 6.17. The van der Waals surface area contributed by atoms with Crippen LogP contribution < -0.4 is 16.5 Å². The fraction of sp³-hybridized carbons (Fsp3) is 0.375. The van der Waals surface area contributed by atoms with Crippen LogP contribution in [0.4, 0.5) is 5.69 Å². The maximum absolute atomic E-state index is 8.02. The minimum atomic E-state index is -0.153. The zero-order valence-corrected chi connectivity index (χ0v) is 18.0. The third-order valence-electron chi connectivity index (χ3n) is 5.45. The van der Waals surface area contributed by atoms with E-state index in [1.54, 1.807) is 5.01 Å². The van der Waals surface area contributed by atoms with Crippen LogP contribution in [-0.4, -0.2) is 31.9 Å². The molecule has 0 fully saturated rings. The minimum absolute atomic E-state index is 0.153. The van der Waals surface area contributed by atoms with Crippen LogP contribution in [0.3, 0.4) is 0 Å². The fourth-order valence-electron chi connectivity index (χ4n) is 3.71. The number of nitrogens with zero attached hydrogens (tertiary/aromatic N) is 1. The second kappa shape index (κ2) is 10.8. The topological polar surface area (TPSA) is 77.2 Å². The van der Waals surface area contributed by atoms with E-state index in [1.165, 1.54) is 17.4 Å². The molecule has 0 amide bonds. The molecule has 1 unspecified atom stereocenters. The van der Waals surface area contributed by atoms with Gasteiger partial charge in [-0.15, -0.1) is 6.58 Å². The molecule has 1 aromatic carbocycles. The van der Waals surface area contributed by atoms with Crippen molar-refractivity contribution in [1.29, 1.82) is 5.41 Å². The first-order valence-corrected chi connectivity index (χ1v) is 10.1. The van der Waals surface area contributed by atoms with Crippen molar-refractivity contribution in [1.82, 2.24) is 10.3 Å². The molecule has 156 valence electrons. The zero-order chi connectivity index (χ0) is 21.3. The molecule has 0 heterocycles. The number of allylic oxidation sites excluding steroid dienone is 4. The largest absolute Gasteiger partial charge is 0.355 e. The van der Waals surface area contributed by atoms with Crippen LogP contribution in [0.15, 0.2) is 72.1 Å². The molecule has 1 atom stereocenters. The molecule has 0 spiro atoms. The summed E-state index contributed by atoms with van der Waals surface area (Å²) in [6.45, 7) is 7.16. The number of benzene rings is 1. The van der Waals surface area contributed by atoms with Gasteiger partial charge in [0.25, 0.3) is 0 Å². The molecule has 0 radical (unpaired) electrons. The van der Waals surface area contributed by atoms with E-state index in [0.717, 1.165) is 49.2 Å². The van der Waals surface area contributed by atoms with Crippen LogP contribution in [0.5, 0.6) is 0 Å². The van der Waals surface area contributed by atoms with E-state index in [4.69, 9.17) is 11.3 Å². The molecule has 2 rings (SSSR count). The Morgan fingerprint density at radius 3 is 2.62 bits per heavy atom. The quantitative estimate of drug-likeness (QED) is 0.193. The van der Waals surface area contributed by atoms with Crippen molar-refractivity contribution < 1.29 is 0 Å². The predicted octanol–water partition coefficient (Wildman–Crippen LogP) is 4.52. The Labute approximate surface area is 175 Å². The number of nitrogens with one attached hydrogen (secondary N) is 3. The first kappa shape index (κ1) is 22.7. The summed E-state index contributed by atoms with van der Waals surface area (Å²) >= 11 is 0. The molecule has 1 aliphatic rings. The monoisotopic (exact) mass is 393 g/mol. The van der Waals surface area contributed by atoms with Crippen LogP contribution in [0.25, 0.3) is 0 Å². The van der Waals surface area contributed by atoms with E-state index in [-0.39, 0.29) is 5.41 Å². The number of rotatable bonds is 11. The average molecular weight is 394 g/mol. The van der Waals surface area contributed by atoms with E-state index < -0.39 is 0 Å². The lowest BCUT2D eigenvalue weighted by molar-refractivity contribution is 0.402. The summed E-state index contributed by atoms with van der Waals surface area (Å²) in [7, 11) is 3.79. The van der Waals surface area contributed by atoms with Crippen molar-refractivity contribution in [3.63, 3.8) is 0 Å². The maximum atomic E-state index is 8.02. The second-order valence-corrected chi connectivity index (χ2v) is 7.72. The Morgan fingerprint density at radius 1 is 1.31 bits per heavy atom. The molecule has 0 aliphatic heterocycles. The molecular weight excluding hydrogens is 358 g/mol. The Morgan fingerprint density at radius 2 is 2.03 bits per heavy atom. The van der Waals surface area contributed by atoms with E-state index in [0.29, 0.717) is 0 Å². The van der Waals surface area contributed by atoms with E-state index in [9.17, 15) is 0 Å². The maximum Gasteiger partial charge on any atom is 0.0432 e. The Kier molecular flexibility index (Phi) is 8.43. The Bertz CT molecular complexity index is 786. The summed E-state index contributed by atoms with van der Waals surface area (Å²) in [5.74, 6) is 5.68. The SMILES string of the molecule is C=CC1(CC/C=C\N(C)N)CC(C=N)=C(Nc2ccc(C)cc2)C=C1CCNC. The highest BCUT2D eigenvalue weighted by atomic mass is 15.4. The van der Waals surface area contributed by atoms with Crippen LogP contribution in [0, 0.1) is 17.7 Å². The standard InChI is InChI=1S/C24H35N5/c1-5-24(13-6-7-15-29(4)26)17-20(18-25)23(16-21(24)12-14-27-3)28-22-10-8-19(2)9-11-22/h5,7-11,15-16,18,25,27-28H,1,6,12-14,17,26H2,2-4H3/b15-7-,25-18?. The molecule has 1 aliphatic carbocycles. The summed E-state index contributed by atoms with van der Waals surface area (Å²) in [5.41, 5.74) is 5.46. The number of anilines is 1. The van der Waals surface area contributed by atoms with Gasteiger partial charge in [-0.1, -0.05) is 35.4 Å². The molecule has 1 aromatic rings. The summed E-state index contributed by atoms with van der Waals surface area (Å²) in [4.78, 5) is 0. The van der Waals surface area contributed by atoms with Crippen molar-refractivity contribution in [2.75, 3.05) is 26.0 Å². The Balaban J connectivity index is 2.33. The van der Waals surface area contributed by atoms with Gasteiger partial charge >= 0.3 is 0 Å². The first-order chi connectivity index (χ1) is 13.9. The number of hydrogen-bond donors (Lipinski definition) is 4. The number of hydrazine groups is 1. The second-order valence-electron chi connectivity index (χ2n) is 7.72. The van der Waals surface area contributed by atoms with Gasteiger partial charge in [0, 0.05) is 36.3 Å². The van der Waals surface area contributed by atoms with Gasteiger partial charge < -0.3 is 21.1 Å². The van der Waals surface area contributed by atoms with Gasteiger partial charge in [-0.2, -0.15) is 0 Å². The number of hydrogen-bond acceptors (Lipinski definition) is 5. The third-order valence-corrected chi connectivity index (χ3v) is 5.45. The van der Waals surface area contributed by atoms with Crippen molar-refractivity contribution in [2.24, 2.45) is 11.3 Å². The van der Waals surface area contributed by atoms with Gasteiger partial charge in [-0.25, -0.2) is 5.84 Å². The van der Waals surface area contributed by atoms with Crippen molar-refractivity contribution >= 4 is 11.9 Å². The summed E-state index contributed by atoms with van der Waals surface area (Å²) in [5, 5.41) is 16.4. The molecule has 5 N–H and O–H groups in total. The molecular formula is C24H35N5. The lowest BCUT2D eigenvalue weighted by atomic mass is 9.67. The highest BCUT2D eigenvalue weighted by molar-refractivity contribution is 5.81. The van der Waals surface area contributed by atoms with Crippen LogP contribution in [-0.2, 0) is 0 Å². The molecule has 0 saturated carbocycles. The summed E-state index contributed by atoms with van der Waals surface area (Å²) in [6.07, 6.45) is 13.3. The number of aryl methyl sites for hydroxylation is 1. The van der Waals surface area contributed by atoms with E-state index in [1.807, 2.05) is 20.3 Å². The minimum Gasteiger partial charge on any atom is -0.355 e. The molecule has 0 bridgehead atoms. The predicted molar refractivity (Wildman–Crippen MR) is 125 cm³/mol. The average Bonchev–Trinajstić information content (AvgIpc) is 2.72. The Hall–Kier alpha value is -2.63. The van der Waals surface area contributed by atoms with Gasteiger partial charge in [-0.05, 0) is 70.0 Å². The van der Waals surface area contributed by atoms with Crippen LogP contribution in [0.1, 0.15) is 31.2 Å². The van der Waals surface area contributed by atoms with E-state index in [2.05, 4.69) is 66.6 Å². The van der Waals surface area contributed by atoms with Crippen molar-refractivity contribution in [3.8, 4) is 0 Å². The van der Waals surface area contributed by atoms with Gasteiger partial charge in [-0.3, -0.25) is 0 Å². The molecule has 0 saturated heterocycles. The lowest BCUT2D eigenvalue weighted by Crippen LogP contribution is -2.28. The van der Waals surface area contributed by atoms with Crippen LogP contribution in [0.2, 0.25) is 0 Å². The summed E-state index contributed by atoms with van der Waals surface area (Å²) < 4.78 is 0. The van der Waals surface area contributed by atoms with Gasteiger partial charge in [0.15, 0.2) is 0 Å². The van der Waals surface area contributed by atoms with E-state index >= 15 is 0 Å². The molecule has 5 heteroatoms. The fourth-order valence-corrected chi connectivity index (χ4v) is 3.71. The normalized spacial score (nSPS) is 19.2. The van der Waals surface area contributed by atoms with Crippen molar-refractivity contribution in [2.45, 2.75) is 32.6 Å². The first-order valence-electron chi connectivity index (χ1n) is 10.1. The number of nitrogens with two attached hydrogens (primary N) is 1. The van der Waals surface area contributed by atoms with Gasteiger partial charge in [0.2, 0.25) is 0 Å². The summed E-state index contributed by atoms with van der Waals surface area (Å²) in [6, 6.07) is 8.34. The smallest absolute Gasteiger partial charge is 0.0432 e. The van der Waals surface area contributed by atoms with Gasteiger partial charge in [0.05, 0.1) is 0 Å². The highest BCUT2D eigenvalue weighted by Crippen LogP contribution is 2.45. The highest BCUT2D eigenvalue weighted by Gasteiger charge is 2.34.